The van der Waals surface area contributed by atoms with Crippen LogP contribution in [0.4, 0.5) is 0 Å². The van der Waals surface area contributed by atoms with Crippen molar-refractivity contribution in [1.82, 2.24) is 0 Å². The van der Waals surface area contributed by atoms with Crippen LogP contribution in [0.5, 0.6) is 0 Å². The standard InChI is InChI=1S/C10H10O4S2/c11-15-5-9-1-7-3-13-16(12)6-10(7)2-8(9)4-14-15/h1-2H,3-6H2. The molecule has 16 heavy (non-hydrogen) atoms. The van der Waals surface area contributed by atoms with Crippen molar-refractivity contribution < 1.29 is 16.8 Å². The van der Waals surface area contributed by atoms with Gasteiger partial charge in [0.1, 0.15) is 0 Å². The highest BCUT2D eigenvalue weighted by Crippen LogP contribution is 2.27. The normalized spacial score (nSPS) is 28.2. The fourth-order valence-corrected chi connectivity index (χ4v) is 3.65. The molecule has 0 bridgehead atoms. The zero-order valence-corrected chi connectivity index (χ0v) is 10.1. The van der Waals surface area contributed by atoms with E-state index in [1.54, 1.807) is 0 Å². The average Bonchev–Trinajstić information content (AvgIpc) is 2.26. The first-order valence-electron chi connectivity index (χ1n) is 4.89. The van der Waals surface area contributed by atoms with E-state index in [1.807, 2.05) is 12.1 Å². The molecule has 2 unspecified atom stereocenters. The minimum absolute atomic E-state index is 0.378. The second-order valence-corrected chi connectivity index (χ2v) is 6.07. The number of rotatable bonds is 0. The van der Waals surface area contributed by atoms with Gasteiger partial charge in [-0.05, 0) is 22.3 Å². The second kappa shape index (κ2) is 4.03. The summed E-state index contributed by atoms with van der Waals surface area (Å²) in [5.74, 6) is 0.872. The van der Waals surface area contributed by atoms with Crippen molar-refractivity contribution in [2.24, 2.45) is 0 Å². The van der Waals surface area contributed by atoms with Gasteiger partial charge >= 0.3 is 0 Å². The van der Waals surface area contributed by atoms with Crippen molar-refractivity contribution in [2.45, 2.75) is 24.7 Å². The van der Waals surface area contributed by atoms with Gasteiger partial charge in [0.25, 0.3) is 0 Å². The van der Waals surface area contributed by atoms with E-state index in [9.17, 15) is 8.42 Å². The van der Waals surface area contributed by atoms with Crippen LogP contribution in [0.15, 0.2) is 12.1 Å². The van der Waals surface area contributed by atoms with Crippen LogP contribution < -0.4 is 0 Å². The molecular weight excluding hydrogens is 248 g/mol. The molecule has 2 atom stereocenters. The summed E-state index contributed by atoms with van der Waals surface area (Å²) in [6.45, 7) is 0.755. The number of benzene rings is 1. The smallest absolute Gasteiger partial charge is 0.160 e. The summed E-state index contributed by atoms with van der Waals surface area (Å²) >= 11 is -2.42. The minimum Gasteiger partial charge on any atom is -0.285 e. The minimum atomic E-state index is -1.21. The van der Waals surface area contributed by atoms with Gasteiger partial charge in [-0.15, -0.1) is 0 Å². The number of fused-ring (bicyclic) bond motifs is 2. The fraction of sp³-hybridized carbons (Fsp3) is 0.400. The van der Waals surface area contributed by atoms with Crippen LogP contribution in [0.2, 0.25) is 0 Å². The molecular formula is C10H10O4S2. The molecule has 0 spiro atoms. The topological polar surface area (TPSA) is 52.6 Å². The molecule has 0 aliphatic carbocycles. The molecule has 86 valence electrons. The Kier molecular flexibility index (Phi) is 2.67. The van der Waals surface area contributed by atoms with Crippen LogP contribution >= 0.6 is 0 Å². The average molecular weight is 258 g/mol. The molecule has 0 saturated heterocycles. The highest BCUT2D eigenvalue weighted by molar-refractivity contribution is 7.79. The molecule has 2 aliphatic heterocycles. The molecule has 0 amide bonds. The molecule has 4 nitrogen and oxygen atoms in total. The van der Waals surface area contributed by atoms with Crippen molar-refractivity contribution in [3.63, 3.8) is 0 Å². The molecule has 0 radical (unpaired) electrons. The summed E-state index contributed by atoms with van der Waals surface area (Å²) in [5.41, 5.74) is 4.22. The third-order valence-electron chi connectivity index (χ3n) is 2.76. The van der Waals surface area contributed by atoms with Crippen molar-refractivity contribution in [1.29, 1.82) is 0 Å². The molecule has 6 heteroatoms. The Morgan fingerprint density at radius 1 is 0.812 bits per heavy atom. The van der Waals surface area contributed by atoms with Gasteiger partial charge in [0.2, 0.25) is 0 Å². The third kappa shape index (κ3) is 1.86. The Morgan fingerprint density at radius 3 is 1.69 bits per heavy atom. The largest absolute Gasteiger partial charge is 0.285 e. The molecule has 0 aromatic heterocycles. The maximum atomic E-state index is 11.3. The van der Waals surface area contributed by atoms with Crippen molar-refractivity contribution >= 4 is 22.2 Å². The highest BCUT2D eigenvalue weighted by Gasteiger charge is 2.21. The van der Waals surface area contributed by atoms with Crippen molar-refractivity contribution in [3.8, 4) is 0 Å². The zero-order valence-electron chi connectivity index (χ0n) is 8.43. The van der Waals surface area contributed by atoms with Crippen LogP contribution in [0.3, 0.4) is 0 Å². The van der Waals surface area contributed by atoms with Gasteiger partial charge in [-0.1, -0.05) is 12.1 Å². The summed E-state index contributed by atoms with van der Waals surface area (Å²) in [4.78, 5) is 0. The second-order valence-electron chi connectivity index (χ2n) is 3.81. The van der Waals surface area contributed by atoms with Gasteiger partial charge in [-0.25, -0.2) is 8.42 Å². The van der Waals surface area contributed by atoms with Crippen molar-refractivity contribution in [2.75, 3.05) is 0 Å². The van der Waals surface area contributed by atoms with E-state index in [0.29, 0.717) is 24.7 Å². The van der Waals surface area contributed by atoms with Gasteiger partial charge in [-0.3, -0.25) is 8.37 Å². The van der Waals surface area contributed by atoms with Gasteiger partial charge in [0, 0.05) is 0 Å². The molecule has 0 N–H and O–H groups in total. The van der Waals surface area contributed by atoms with E-state index in [0.717, 1.165) is 22.3 Å². The van der Waals surface area contributed by atoms with E-state index in [4.69, 9.17) is 8.37 Å². The van der Waals surface area contributed by atoms with E-state index >= 15 is 0 Å². The molecule has 2 aliphatic rings. The molecule has 0 fully saturated rings. The van der Waals surface area contributed by atoms with Crippen LogP contribution in [0.25, 0.3) is 0 Å². The molecule has 0 saturated carbocycles. The fourth-order valence-electron chi connectivity index (χ4n) is 1.92. The first-order chi connectivity index (χ1) is 7.72. The van der Waals surface area contributed by atoms with E-state index in [-0.39, 0.29) is 0 Å². The van der Waals surface area contributed by atoms with Crippen LogP contribution in [0.1, 0.15) is 22.3 Å². The molecule has 1 aromatic rings. The maximum Gasteiger partial charge on any atom is 0.160 e. The quantitative estimate of drug-likeness (QED) is 0.698. The van der Waals surface area contributed by atoms with Crippen molar-refractivity contribution in [3.05, 3.63) is 34.4 Å². The third-order valence-corrected chi connectivity index (χ3v) is 4.62. The molecule has 2 heterocycles. The monoisotopic (exact) mass is 258 g/mol. The predicted octanol–water partition coefficient (Wildman–Crippen LogP) is 1.07. The Hall–Kier alpha value is -0.560. The lowest BCUT2D eigenvalue weighted by atomic mass is 10.0. The zero-order chi connectivity index (χ0) is 11.1. The lowest BCUT2D eigenvalue weighted by Gasteiger charge is -2.21. The Morgan fingerprint density at radius 2 is 1.25 bits per heavy atom. The number of hydrogen-bond acceptors (Lipinski definition) is 4. The van der Waals surface area contributed by atoms with E-state index in [1.165, 1.54) is 0 Å². The summed E-state index contributed by atoms with van der Waals surface area (Å²) in [6, 6.07) is 4.00. The lowest BCUT2D eigenvalue weighted by Crippen LogP contribution is -2.16. The van der Waals surface area contributed by atoms with E-state index < -0.39 is 22.2 Å². The summed E-state index contributed by atoms with van der Waals surface area (Å²) in [6.07, 6.45) is 0. The SMILES string of the molecule is O=S1Cc2cc3c(cc2CO1)CS(=O)OC3. The Bertz CT molecular complexity index is 452. The maximum absolute atomic E-state index is 11.3. The molecule has 3 rings (SSSR count). The van der Waals surface area contributed by atoms with Gasteiger partial charge in [-0.2, -0.15) is 0 Å². The Labute approximate surface area is 98.3 Å². The highest BCUT2D eigenvalue weighted by atomic mass is 32.2. The summed E-state index contributed by atoms with van der Waals surface area (Å²) < 4.78 is 32.7. The van der Waals surface area contributed by atoms with Crippen LogP contribution in [-0.2, 0) is 55.2 Å². The van der Waals surface area contributed by atoms with Gasteiger partial charge in [0.15, 0.2) is 22.2 Å². The number of hydrogen-bond donors (Lipinski definition) is 0. The predicted molar refractivity (Wildman–Crippen MR) is 59.7 cm³/mol. The van der Waals surface area contributed by atoms with E-state index in [2.05, 4.69) is 0 Å². The summed E-state index contributed by atoms with van der Waals surface area (Å²) in [7, 11) is 0. The molecule has 1 aromatic carbocycles. The lowest BCUT2D eigenvalue weighted by molar-refractivity contribution is 0.320. The van der Waals surface area contributed by atoms with Gasteiger partial charge < -0.3 is 0 Å². The Balaban J connectivity index is 2.05. The first kappa shape index (κ1) is 10.6. The summed E-state index contributed by atoms with van der Waals surface area (Å²) in [5, 5.41) is 0. The van der Waals surface area contributed by atoms with Gasteiger partial charge in [0.05, 0.1) is 24.7 Å². The van der Waals surface area contributed by atoms with Crippen LogP contribution in [-0.4, -0.2) is 8.42 Å². The first-order valence-corrected chi connectivity index (χ1v) is 7.38. The van der Waals surface area contributed by atoms with Crippen LogP contribution in [0, 0.1) is 0 Å².